The number of amides is 1. The molecule has 0 saturated heterocycles. The number of ether oxygens (including phenoxy) is 1. The van der Waals surface area contributed by atoms with Gasteiger partial charge in [0.2, 0.25) is 0 Å². The average molecular weight is 451 g/mol. The first-order valence-corrected chi connectivity index (χ1v) is 9.90. The highest BCUT2D eigenvalue weighted by molar-refractivity contribution is 6.36. The van der Waals surface area contributed by atoms with E-state index < -0.39 is 0 Å². The van der Waals surface area contributed by atoms with Gasteiger partial charge in [-0.3, -0.25) is 4.79 Å². The standard InChI is InChI=1S/C22H18Cl3NO3/c1-26-22(28)12-29-14-10-19(24)17(20(25)11-14)9-13-6-7-21(27)16(8-13)15-4-2-3-5-18(15)23/h2-8,10-11,27H,9,12H2,1H3,(H,26,28). The Kier molecular flexibility index (Phi) is 6.91. The molecular formula is C22H18Cl3NO3. The van der Waals surface area contributed by atoms with Crippen LogP contribution in [0.5, 0.6) is 11.5 Å². The zero-order chi connectivity index (χ0) is 21.0. The number of hydrogen-bond donors (Lipinski definition) is 2. The van der Waals surface area contributed by atoms with E-state index in [0.29, 0.717) is 32.8 Å². The van der Waals surface area contributed by atoms with Crippen LogP contribution in [0.1, 0.15) is 11.1 Å². The summed E-state index contributed by atoms with van der Waals surface area (Å²) in [6.07, 6.45) is 0.450. The molecule has 0 fully saturated rings. The first-order chi connectivity index (χ1) is 13.9. The number of benzene rings is 3. The molecule has 0 bridgehead atoms. The van der Waals surface area contributed by atoms with Crippen LogP contribution in [-0.2, 0) is 11.2 Å². The van der Waals surface area contributed by atoms with Gasteiger partial charge in [0.15, 0.2) is 6.61 Å². The Hall–Kier alpha value is -2.40. The molecule has 4 nitrogen and oxygen atoms in total. The maximum Gasteiger partial charge on any atom is 0.257 e. The summed E-state index contributed by atoms with van der Waals surface area (Å²) in [6, 6.07) is 15.9. The van der Waals surface area contributed by atoms with Crippen LogP contribution in [0.2, 0.25) is 15.1 Å². The summed E-state index contributed by atoms with van der Waals surface area (Å²) in [5.41, 5.74) is 2.99. The van der Waals surface area contributed by atoms with E-state index in [9.17, 15) is 9.90 Å². The van der Waals surface area contributed by atoms with Gasteiger partial charge in [-0.1, -0.05) is 59.1 Å². The number of aromatic hydroxyl groups is 1. The second kappa shape index (κ2) is 9.40. The molecule has 3 aromatic carbocycles. The number of likely N-dealkylation sites (N-methyl/N-ethyl adjacent to an activating group) is 1. The largest absolute Gasteiger partial charge is 0.507 e. The van der Waals surface area contributed by atoms with Gasteiger partial charge >= 0.3 is 0 Å². The molecule has 1 amide bonds. The van der Waals surface area contributed by atoms with Crippen molar-refractivity contribution in [2.45, 2.75) is 6.42 Å². The van der Waals surface area contributed by atoms with Crippen LogP contribution in [0.15, 0.2) is 54.6 Å². The molecule has 0 atom stereocenters. The molecular weight excluding hydrogens is 433 g/mol. The Morgan fingerprint density at radius 2 is 1.66 bits per heavy atom. The Balaban J connectivity index is 1.88. The quantitative estimate of drug-likeness (QED) is 0.504. The van der Waals surface area contributed by atoms with E-state index in [0.717, 1.165) is 16.7 Å². The highest BCUT2D eigenvalue weighted by Crippen LogP contribution is 2.37. The molecule has 0 heterocycles. The van der Waals surface area contributed by atoms with Crippen LogP contribution in [-0.4, -0.2) is 24.7 Å². The Bertz CT molecular complexity index is 1030. The van der Waals surface area contributed by atoms with Crippen molar-refractivity contribution in [2.75, 3.05) is 13.7 Å². The first kappa shape index (κ1) is 21.3. The minimum absolute atomic E-state index is 0.123. The molecule has 2 N–H and O–H groups in total. The fourth-order valence-electron chi connectivity index (χ4n) is 2.85. The van der Waals surface area contributed by atoms with Gasteiger partial charge in [0, 0.05) is 39.7 Å². The topological polar surface area (TPSA) is 58.6 Å². The summed E-state index contributed by atoms with van der Waals surface area (Å²) in [5.74, 6) is 0.296. The van der Waals surface area contributed by atoms with E-state index in [1.165, 1.54) is 7.05 Å². The predicted molar refractivity (Wildman–Crippen MR) is 117 cm³/mol. The van der Waals surface area contributed by atoms with E-state index in [-0.39, 0.29) is 18.3 Å². The molecule has 0 saturated carbocycles. The van der Waals surface area contributed by atoms with Crippen LogP contribution in [0, 0.1) is 0 Å². The van der Waals surface area contributed by atoms with E-state index in [1.807, 2.05) is 24.3 Å². The van der Waals surface area contributed by atoms with Crippen molar-refractivity contribution in [2.24, 2.45) is 0 Å². The molecule has 3 rings (SSSR count). The SMILES string of the molecule is CNC(=O)COc1cc(Cl)c(Cc2ccc(O)c(-c3ccccc3Cl)c2)c(Cl)c1. The maximum absolute atomic E-state index is 11.3. The number of carbonyl (C=O) groups is 1. The van der Waals surface area contributed by atoms with Crippen molar-refractivity contribution >= 4 is 40.7 Å². The number of phenolic OH excluding ortho intramolecular Hbond substituents is 1. The summed E-state index contributed by atoms with van der Waals surface area (Å²) in [5, 5.41) is 14.2. The number of nitrogens with one attached hydrogen (secondary N) is 1. The summed E-state index contributed by atoms with van der Waals surface area (Å²) >= 11 is 19.1. The van der Waals surface area contributed by atoms with E-state index in [2.05, 4.69) is 5.32 Å². The number of carbonyl (C=O) groups excluding carboxylic acids is 1. The van der Waals surface area contributed by atoms with Crippen molar-refractivity contribution in [1.82, 2.24) is 5.32 Å². The lowest BCUT2D eigenvalue weighted by Gasteiger charge is -2.13. The molecule has 7 heteroatoms. The monoisotopic (exact) mass is 449 g/mol. The normalized spacial score (nSPS) is 10.6. The fraction of sp³-hybridized carbons (Fsp3) is 0.136. The zero-order valence-corrected chi connectivity index (χ0v) is 17.8. The summed E-state index contributed by atoms with van der Waals surface area (Å²) in [6.45, 7) is -0.123. The first-order valence-electron chi connectivity index (χ1n) is 8.77. The third-order valence-electron chi connectivity index (χ3n) is 4.37. The van der Waals surface area contributed by atoms with E-state index >= 15 is 0 Å². The molecule has 0 aromatic heterocycles. The Morgan fingerprint density at radius 3 is 2.31 bits per heavy atom. The number of rotatable bonds is 6. The van der Waals surface area contributed by atoms with Crippen LogP contribution < -0.4 is 10.1 Å². The Morgan fingerprint density at radius 1 is 0.966 bits per heavy atom. The molecule has 3 aromatic rings. The van der Waals surface area contributed by atoms with Crippen molar-refractivity contribution in [1.29, 1.82) is 0 Å². The molecule has 150 valence electrons. The van der Waals surface area contributed by atoms with Gasteiger partial charge in [0.05, 0.1) is 0 Å². The van der Waals surface area contributed by atoms with Crippen LogP contribution in [0.4, 0.5) is 0 Å². The molecule has 0 aliphatic carbocycles. The maximum atomic E-state index is 11.3. The van der Waals surface area contributed by atoms with Gasteiger partial charge in [-0.25, -0.2) is 0 Å². The fourth-order valence-corrected chi connectivity index (χ4v) is 3.68. The third kappa shape index (κ3) is 5.15. The minimum Gasteiger partial charge on any atom is -0.507 e. The predicted octanol–water partition coefficient (Wildman–Crippen LogP) is 5.74. The second-order valence-electron chi connectivity index (χ2n) is 6.34. The minimum atomic E-state index is -0.252. The average Bonchev–Trinajstić information content (AvgIpc) is 2.70. The van der Waals surface area contributed by atoms with Crippen LogP contribution in [0.25, 0.3) is 11.1 Å². The lowest BCUT2D eigenvalue weighted by Crippen LogP contribution is -2.24. The molecule has 0 aliphatic heterocycles. The number of hydrogen-bond acceptors (Lipinski definition) is 3. The van der Waals surface area contributed by atoms with Crippen molar-refractivity contribution in [3.8, 4) is 22.6 Å². The van der Waals surface area contributed by atoms with Gasteiger partial charge < -0.3 is 15.2 Å². The molecule has 0 radical (unpaired) electrons. The van der Waals surface area contributed by atoms with Crippen molar-refractivity contribution < 1.29 is 14.6 Å². The van der Waals surface area contributed by atoms with Crippen molar-refractivity contribution in [3.63, 3.8) is 0 Å². The van der Waals surface area contributed by atoms with Crippen LogP contribution >= 0.6 is 34.8 Å². The summed E-state index contributed by atoms with van der Waals surface area (Å²) in [4.78, 5) is 11.3. The number of phenols is 1. The lowest BCUT2D eigenvalue weighted by atomic mass is 9.98. The highest BCUT2D eigenvalue weighted by Gasteiger charge is 2.14. The smallest absolute Gasteiger partial charge is 0.257 e. The van der Waals surface area contributed by atoms with E-state index in [1.54, 1.807) is 30.3 Å². The zero-order valence-electron chi connectivity index (χ0n) is 15.5. The van der Waals surface area contributed by atoms with Crippen LogP contribution in [0.3, 0.4) is 0 Å². The van der Waals surface area contributed by atoms with Gasteiger partial charge in [0.25, 0.3) is 5.91 Å². The lowest BCUT2D eigenvalue weighted by molar-refractivity contribution is -0.122. The van der Waals surface area contributed by atoms with Crippen molar-refractivity contribution in [3.05, 3.63) is 80.8 Å². The highest BCUT2D eigenvalue weighted by atomic mass is 35.5. The second-order valence-corrected chi connectivity index (χ2v) is 7.56. The molecule has 29 heavy (non-hydrogen) atoms. The number of halogens is 3. The summed E-state index contributed by atoms with van der Waals surface area (Å²) < 4.78 is 5.40. The third-order valence-corrected chi connectivity index (χ3v) is 5.37. The van der Waals surface area contributed by atoms with Gasteiger partial charge in [-0.2, -0.15) is 0 Å². The summed E-state index contributed by atoms with van der Waals surface area (Å²) in [7, 11) is 1.53. The van der Waals surface area contributed by atoms with Gasteiger partial charge in [-0.05, 0) is 41.5 Å². The van der Waals surface area contributed by atoms with E-state index in [4.69, 9.17) is 39.5 Å². The van der Waals surface area contributed by atoms with Gasteiger partial charge in [-0.15, -0.1) is 0 Å². The Labute approximate surface area is 184 Å². The van der Waals surface area contributed by atoms with Gasteiger partial charge in [0.1, 0.15) is 11.5 Å². The molecule has 0 unspecified atom stereocenters. The molecule has 0 aliphatic rings. The molecule has 0 spiro atoms.